The highest BCUT2D eigenvalue weighted by molar-refractivity contribution is 5.87. The molecule has 1 aromatic heterocycles. The molecular weight excluding hydrogens is 274 g/mol. The number of fused-ring (bicyclic) bond motifs is 3. The Labute approximate surface area is 130 Å². The zero-order valence-electron chi connectivity index (χ0n) is 13.1. The largest absolute Gasteiger partial charge is 0.358 e. The summed E-state index contributed by atoms with van der Waals surface area (Å²) < 4.78 is 0. The summed E-state index contributed by atoms with van der Waals surface area (Å²) in [5.41, 5.74) is 5.21. The van der Waals surface area contributed by atoms with Gasteiger partial charge in [-0.2, -0.15) is 0 Å². The average Bonchev–Trinajstić information content (AvgIpc) is 2.92. The third-order valence-electron chi connectivity index (χ3n) is 5.12. The molecule has 1 unspecified atom stereocenters. The van der Waals surface area contributed by atoms with Crippen molar-refractivity contribution in [2.75, 3.05) is 26.2 Å². The number of carbonyl (C=O) groups excluding carboxylic acids is 1. The number of carbonyl (C=O) groups is 1. The Balaban J connectivity index is 1.61. The Morgan fingerprint density at radius 3 is 2.91 bits per heavy atom. The third kappa shape index (κ3) is 2.31. The van der Waals surface area contributed by atoms with Crippen molar-refractivity contribution < 1.29 is 4.79 Å². The van der Waals surface area contributed by atoms with Crippen LogP contribution in [-0.4, -0.2) is 42.0 Å². The van der Waals surface area contributed by atoms with Crippen LogP contribution in [0.25, 0.3) is 10.9 Å². The van der Waals surface area contributed by atoms with Crippen LogP contribution in [0.1, 0.15) is 23.2 Å². The highest BCUT2D eigenvalue weighted by atomic mass is 16.2. The first kappa shape index (κ1) is 13.8. The van der Waals surface area contributed by atoms with Gasteiger partial charge in [-0.1, -0.05) is 11.6 Å². The summed E-state index contributed by atoms with van der Waals surface area (Å²) in [7, 11) is 0. The van der Waals surface area contributed by atoms with Gasteiger partial charge >= 0.3 is 0 Å². The van der Waals surface area contributed by atoms with Gasteiger partial charge in [-0.15, -0.1) is 0 Å². The van der Waals surface area contributed by atoms with Crippen LogP contribution in [0.2, 0.25) is 0 Å². The van der Waals surface area contributed by atoms with Gasteiger partial charge in [-0.25, -0.2) is 0 Å². The first-order chi connectivity index (χ1) is 10.7. The second-order valence-corrected chi connectivity index (χ2v) is 6.65. The third-order valence-corrected chi connectivity index (χ3v) is 5.12. The highest BCUT2D eigenvalue weighted by Gasteiger charge is 2.30. The second kappa shape index (κ2) is 5.43. The molecule has 2 aromatic rings. The maximum Gasteiger partial charge on any atom is 0.226 e. The molecule has 4 nitrogen and oxygen atoms in total. The molecule has 4 heteroatoms. The van der Waals surface area contributed by atoms with Crippen LogP contribution in [0, 0.1) is 12.8 Å². The fraction of sp³-hybridized carbons (Fsp3) is 0.500. The minimum absolute atomic E-state index is 0.158. The number of amides is 1. The van der Waals surface area contributed by atoms with Crippen molar-refractivity contribution in [1.82, 2.24) is 15.2 Å². The van der Waals surface area contributed by atoms with E-state index in [0.29, 0.717) is 5.91 Å². The van der Waals surface area contributed by atoms with E-state index in [2.05, 4.69) is 35.4 Å². The van der Waals surface area contributed by atoms with E-state index in [1.165, 1.54) is 27.7 Å². The zero-order valence-corrected chi connectivity index (χ0v) is 13.1. The molecule has 1 amide bonds. The summed E-state index contributed by atoms with van der Waals surface area (Å²) in [6.45, 7) is 5.70. The normalized spacial score (nSPS) is 21.9. The van der Waals surface area contributed by atoms with E-state index in [0.717, 1.165) is 45.4 Å². The van der Waals surface area contributed by atoms with Crippen LogP contribution in [0.3, 0.4) is 0 Å². The smallest absolute Gasteiger partial charge is 0.226 e. The van der Waals surface area contributed by atoms with Crippen molar-refractivity contribution >= 4 is 16.8 Å². The quantitative estimate of drug-likeness (QED) is 0.846. The molecule has 0 spiro atoms. The van der Waals surface area contributed by atoms with Gasteiger partial charge in [0.2, 0.25) is 5.91 Å². The maximum atomic E-state index is 12.8. The lowest BCUT2D eigenvalue weighted by molar-refractivity contribution is -0.136. The fourth-order valence-corrected chi connectivity index (χ4v) is 3.89. The summed E-state index contributed by atoms with van der Waals surface area (Å²) >= 11 is 0. The second-order valence-electron chi connectivity index (χ2n) is 6.65. The van der Waals surface area contributed by atoms with E-state index in [1.54, 1.807) is 0 Å². The number of nitrogens with zero attached hydrogens (tertiary/aromatic N) is 1. The highest BCUT2D eigenvalue weighted by Crippen LogP contribution is 2.33. The molecule has 1 aliphatic heterocycles. The number of benzene rings is 1. The van der Waals surface area contributed by atoms with Crippen LogP contribution < -0.4 is 5.32 Å². The first-order valence-corrected chi connectivity index (χ1v) is 8.32. The molecule has 4 rings (SSSR count). The summed E-state index contributed by atoms with van der Waals surface area (Å²) in [6, 6.07) is 6.56. The lowest BCUT2D eigenvalue weighted by Crippen LogP contribution is -2.49. The molecule has 2 N–H and O–H groups in total. The SMILES string of the molecule is Cc1ccc2[nH]c3c(c2c1)CC(C(=O)N1CCNCC1)CC3. The first-order valence-electron chi connectivity index (χ1n) is 8.32. The number of aromatic nitrogens is 1. The standard InChI is InChI=1S/C18H23N3O/c1-12-2-4-16-14(10-12)15-11-13(3-5-17(15)20-16)18(22)21-8-6-19-7-9-21/h2,4,10,13,19-20H,3,5-9,11H2,1H3. The summed E-state index contributed by atoms with van der Waals surface area (Å²) in [5, 5.41) is 4.63. The van der Waals surface area contributed by atoms with Crippen LogP contribution in [0.5, 0.6) is 0 Å². The van der Waals surface area contributed by atoms with Gasteiger partial charge in [-0.05, 0) is 43.9 Å². The Morgan fingerprint density at radius 1 is 1.27 bits per heavy atom. The van der Waals surface area contributed by atoms with E-state index in [4.69, 9.17) is 0 Å². The number of aryl methyl sites for hydroxylation is 2. The summed E-state index contributed by atoms with van der Waals surface area (Å²) in [4.78, 5) is 18.4. The van der Waals surface area contributed by atoms with Gasteiger partial charge in [0.25, 0.3) is 0 Å². The lowest BCUT2D eigenvalue weighted by Gasteiger charge is -2.32. The van der Waals surface area contributed by atoms with Gasteiger partial charge in [0, 0.05) is 48.7 Å². The number of H-pyrrole nitrogens is 1. The maximum absolute atomic E-state index is 12.8. The minimum atomic E-state index is 0.158. The van der Waals surface area contributed by atoms with E-state index in [1.807, 2.05) is 4.90 Å². The van der Waals surface area contributed by atoms with Crippen molar-refractivity contribution in [3.8, 4) is 0 Å². The number of hydrogen-bond acceptors (Lipinski definition) is 2. The molecular formula is C18H23N3O. The molecule has 1 fully saturated rings. The molecule has 22 heavy (non-hydrogen) atoms. The molecule has 1 aromatic carbocycles. The molecule has 0 bridgehead atoms. The number of piperazine rings is 1. The van der Waals surface area contributed by atoms with Crippen molar-refractivity contribution in [2.45, 2.75) is 26.2 Å². The Hall–Kier alpha value is -1.81. The Bertz CT molecular complexity index is 712. The lowest BCUT2D eigenvalue weighted by atomic mass is 9.85. The van der Waals surface area contributed by atoms with Gasteiger partial charge < -0.3 is 15.2 Å². The van der Waals surface area contributed by atoms with Gasteiger partial charge in [0.05, 0.1) is 0 Å². The van der Waals surface area contributed by atoms with E-state index < -0.39 is 0 Å². The molecule has 2 aliphatic rings. The number of rotatable bonds is 1. The van der Waals surface area contributed by atoms with E-state index in [-0.39, 0.29) is 5.92 Å². The van der Waals surface area contributed by atoms with Crippen molar-refractivity contribution in [1.29, 1.82) is 0 Å². The van der Waals surface area contributed by atoms with Gasteiger partial charge in [0.1, 0.15) is 0 Å². The van der Waals surface area contributed by atoms with E-state index >= 15 is 0 Å². The molecule has 0 saturated carbocycles. The van der Waals surface area contributed by atoms with Crippen LogP contribution in [-0.2, 0) is 17.6 Å². The predicted molar refractivity (Wildman–Crippen MR) is 88.0 cm³/mol. The van der Waals surface area contributed by atoms with Gasteiger partial charge in [-0.3, -0.25) is 4.79 Å². The minimum Gasteiger partial charge on any atom is -0.358 e. The topological polar surface area (TPSA) is 48.1 Å². The molecule has 0 radical (unpaired) electrons. The van der Waals surface area contributed by atoms with Crippen LogP contribution in [0.4, 0.5) is 0 Å². The number of hydrogen-bond donors (Lipinski definition) is 2. The number of aromatic amines is 1. The van der Waals surface area contributed by atoms with Crippen LogP contribution in [0.15, 0.2) is 18.2 Å². The zero-order chi connectivity index (χ0) is 15.1. The molecule has 1 saturated heterocycles. The van der Waals surface area contributed by atoms with E-state index in [9.17, 15) is 4.79 Å². The molecule has 116 valence electrons. The van der Waals surface area contributed by atoms with Crippen LogP contribution >= 0.6 is 0 Å². The number of nitrogens with one attached hydrogen (secondary N) is 2. The van der Waals surface area contributed by atoms with Crippen molar-refractivity contribution in [2.24, 2.45) is 5.92 Å². The summed E-state index contributed by atoms with van der Waals surface area (Å²) in [5.74, 6) is 0.513. The molecule has 1 aliphatic carbocycles. The average molecular weight is 297 g/mol. The summed E-state index contributed by atoms with van der Waals surface area (Å²) in [6.07, 6.45) is 2.86. The Morgan fingerprint density at radius 2 is 2.09 bits per heavy atom. The fourth-order valence-electron chi connectivity index (χ4n) is 3.89. The monoisotopic (exact) mass is 297 g/mol. The Kier molecular flexibility index (Phi) is 3.41. The predicted octanol–water partition coefficient (Wildman–Crippen LogP) is 2.01. The van der Waals surface area contributed by atoms with Crippen molar-refractivity contribution in [3.63, 3.8) is 0 Å². The van der Waals surface area contributed by atoms with Crippen molar-refractivity contribution in [3.05, 3.63) is 35.0 Å². The molecule has 1 atom stereocenters. The molecule has 2 heterocycles. The van der Waals surface area contributed by atoms with Gasteiger partial charge in [0.15, 0.2) is 0 Å².